The van der Waals surface area contributed by atoms with Crippen LogP contribution >= 0.6 is 0 Å². The second-order valence-corrected chi connectivity index (χ2v) is 6.76. The van der Waals surface area contributed by atoms with E-state index in [0.29, 0.717) is 44.3 Å². The molecule has 1 rings (SSSR count). The molecule has 0 fully saturated rings. The van der Waals surface area contributed by atoms with Crippen LogP contribution in [0, 0.1) is 0 Å². The Labute approximate surface area is 182 Å². The van der Waals surface area contributed by atoms with Crippen molar-refractivity contribution in [2.24, 2.45) is 5.16 Å². The summed E-state index contributed by atoms with van der Waals surface area (Å²) in [5, 5.41) is 34.7. The summed E-state index contributed by atoms with van der Waals surface area (Å²) in [7, 11) is 0. The summed E-state index contributed by atoms with van der Waals surface area (Å²) in [6.07, 6.45) is 11.2. The molecule has 0 heterocycles. The zero-order valence-electron chi connectivity index (χ0n) is 17.7. The lowest BCUT2D eigenvalue weighted by Crippen LogP contribution is -2.22. The number of allylic oxidation sites excluding steroid dienone is 3. The Morgan fingerprint density at radius 2 is 2.10 bits per heavy atom. The predicted octanol–water partition coefficient (Wildman–Crippen LogP) is 3.27. The topological polar surface area (TPSA) is 128 Å². The maximum atomic E-state index is 11.2. The molecule has 0 saturated heterocycles. The van der Waals surface area contributed by atoms with Crippen LogP contribution < -0.4 is 5.32 Å². The van der Waals surface area contributed by atoms with E-state index in [1.54, 1.807) is 18.2 Å². The van der Waals surface area contributed by atoms with Crippen LogP contribution in [0.5, 0.6) is 11.5 Å². The number of phenols is 2. The third kappa shape index (κ3) is 10.3. The number of phenolic OH excluding ortho intramolecular Hbond substituents is 2. The first-order valence-electron chi connectivity index (χ1n) is 9.92. The summed E-state index contributed by atoms with van der Waals surface area (Å²) in [5.74, 6) is -0.621. The Bertz CT molecular complexity index is 830. The third-order valence-electron chi connectivity index (χ3n) is 4.21. The van der Waals surface area contributed by atoms with Crippen molar-refractivity contribution >= 4 is 17.9 Å². The van der Waals surface area contributed by atoms with Gasteiger partial charge in [0.1, 0.15) is 11.5 Å². The molecule has 8 heteroatoms. The molecule has 0 aromatic heterocycles. The maximum absolute atomic E-state index is 11.2. The van der Waals surface area contributed by atoms with Crippen molar-refractivity contribution in [2.75, 3.05) is 13.2 Å². The predicted molar refractivity (Wildman–Crippen MR) is 119 cm³/mol. The number of hydrogen-bond acceptors (Lipinski definition) is 7. The van der Waals surface area contributed by atoms with Gasteiger partial charge in [0.2, 0.25) is 5.91 Å². The van der Waals surface area contributed by atoms with Crippen molar-refractivity contribution in [3.8, 4) is 11.5 Å². The number of carbonyl (C=O) groups excluding carboxylic acids is 2. The number of aldehydes is 1. The number of nitrogens with zero attached hydrogens (tertiary/aromatic N) is 1. The monoisotopic (exact) mass is 430 g/mol. The van der Waals surface area contributed by atoms with Crippen LogP contribution in [0.25, 0.3) is 0 Å². The molecule has 1 aromatic carbocycles. The molecule has 31 heavy (non-hydrogen) atoms. The largest absolute Gasteiger partial charge is 0.508 e. The molecule has 0 aliphatic carbocycles. The van der Waals surface area contributed by atoms with E-state index in [2.05, 4.69) is 17.1 Å². The van der Waals surface area contributed by atoms with Gasteiger partial charge >= 0.3 is 0 Å². The maximum Gasteiger partial charge on any atom is 0.216 e. The number of benzene rings is 1. The summed E-state index contributed by atoms with van der Waals surface area (Å²) < 4.78 is 5.83. The van der Waals surface area contributed by atoms with E-state index >= 15 is 0 Å². The number of aromatic hydroxyl groups is 2. The summed E-state index contributed by atoms with van der Waals surface area (Å²) in [6, 6.07) is 2.41. The normalized spacial score (nSPS) is 12.9. The quantitative estimate of drug-likeness (QED) is 0.0895. The van der Waals surface area contributed by atoms with E-state index in [1.165, 1.54) is 13.0 Å². The SMILES string of the molecule is C=CC/C=C/C(C/C=C/C(Cc1cc(O)cc(O)c1C=O)=N/O)OCCCNC(C)=O. The summed E-state index contributed by atoms with van der Waals surface area (Å²) in [6.45, 7) is 6.13. The Morgan fingerprint density at radius 3 is 2.74 bits per heavy atom. The molecular formula is C23H30N2O6. The van der Waals surface area contributed by atoms with Crippen LogP contribution in [-0.4, -0.2) is 52.6 Å². The van der Waals surface area contributed by atoms with Gasteiger partial charge in [-0.25, -0.2) is 0 Å². The van der Waals surface area contributed by atoms with Crippen LogP contribution in [0.3, 0.4) is 0 Å². The van der Waals surface area contributed by atoms with E-state index in [1.807, 2.05) is 12.2 Å². The summed E-state index contributed by atoms with van der Waals surface area (Å²) in [5.41, 5.74) is 0.606. The van der Waals surface area contributed by atoms with Gasteiger partial charge in [-0.1, -0.05) is 29.5 Å². The molecule has 1 atom stereocenters. The molecule has 0 bridgehead atoms. The Morgan fingerprint density at radius 1 is 1.32 bits per heavy atom. The van der Waals surface area contributed by atoms with E-state index in [-0.39, 0.29) is 41.2 Å². The zero-order chi connectivity index (χ0) is 23.1. The van der Waals surface area contributed by atoms with Gasteiger partial charge in [0, 0.05) is 32.6 Å². The van der Waals surface area contributed by atoms with Gasteiger partial charge in [-0.3, -0.25) is 9.59 Å². The highest BCUT2D eigenvalue weighted by molar-refractivity contribution is 5.97. The smallest absolute Gasteiger partial charge is 0.216 e. The second kappa shape index (κ2) is 14.6. The van der Waals surface area contributed by atoms with Crippen LogP contribution in [0.2, 0.25) is 0 Å². The number of hydrogen-bond donors (Lipinski definition) is 4. The molecular weight excluding hydrogens is 400 g/mol. The van der Waals surface area contributed by atoms with E-state index in [4.69, 9.17) is 4.74 Å². The Kier molecular flexibility index (Phi) is 12.1. The molecule has 0 saturated carbocycles. The zero-order valence-corrected chi connectivity index (χ0v) is 17.7. The fourth-order valence-corrected chi connectivity index (χ4v) is 2.72. The molecule has 0 aliphatic heterocycles. The molecule has 1 amide bonds. The highest BCUT2D eigenvalue weighted by Gasteiger charge is 2.12. The van der Waals surface area contributed by atoms with E-state index in [9.17, 15) is 25.0 Å². The van der Waals surface area contributed by atoms with E-state index < -0.39 is 0 Å². The highest BCUT2D eigenvalue weighted by Crippen LogP contribution is 2.26. The van der Waals surface area contributed by atoms with Gasteiger partial charge < -0.3 is 25.5 Å². The van der Waals surface area contributed by atoms with Gasteiger partial charge in [-0.05, 0) is 37.0 Å². The minimum Gasteiger partial charge on any atom is -0.508 e. The summed E-state index contributed by atoms with van der Waals surface area (Å²) in [4.78, 5) is 22.1. The minimum absolute atomic E-state index is 0.0279. The van der Waals surface area contributed by atoms with Crippen molar-refractivity contribution in [2.45, 2.75) is 38.7 Å². The fourth-order valence-electron chi connectivity index (χ4n) is 2.72. The number of oxime groups is 1. The van der Waals surface area contributed by atoms with Crippen molar-refractivity contribution in [3.63, 3.8) is 0 Å². The number of rotatable bonds is 14. The van der Waals surface area contributed by atoms with Crippen molar-refractivity contribution in [3.05, 3.63) is 60.2 Å². The molecule has 1 unspecified atom stereocenters. The molecule has 0 aliphatic rings. The molecule has 4 N–H and O–H groups in total. The molecule has 0 spiro atoms. The lowest BCUT2D eigenvalue weighted by molar-refractivity contribution is -0.119. The van der Waals surface area contributed by atoms with Crippen LogP contribution in [0.4, 0.5) is 0 Å². The van der Waals surface area contributed by atoms with Crippen LogP contribution in [0.15, 0.2) is 54.2 Å². The first kappa shape index (κ1) is 25.6. The number of amides is 1. The Balaban J connectivity index is 2.74. The van der Waals surface area contributed by atoms with Gasteiger partial charge in [0.05, 0.1) is 17.4 Å². The molecule has 0 radical (unpaired) electrons. The second-order valence-electron chi connectivity index (χ2n) is 6.76. The lowest BCUT2D eigenvalue weighted by Gasteiger charge is -2.13. The van der Waals surface area contributed by atoms with Gasteiger partial charge in [-0.15, -0.1) is 6.58 Å². The van der Waals surface area contributed by atoms with Crippen molar-refractivity contribution in [1.29, 1.82) is 0 Å². The number of nitrogens with one attached hydrogen (secondary N) is 1. The molecule has 1 aromatic rings. The van der Waals surface area contributed by atoms with Crippen LogP contribution in [-0.2, 0) is 16.0 Å². The van der Waals surface area contributed by atoms with Crippen molar-refractivity contribution < 1.29 is 29.7 Å². The minimum atomic E-state index is -0.341. The Hall–Kier alpha value is -3.39. The average molecular weight is 431 g/mol. The van der Waals surface area contributed by atoms with Gasteiger partial charge in [0.15, 0.2) is 6.29 Å². The van der Waals surface area contributed by atoms with Crippen LogP contribution in [0.1, 0.15) is 42.1 Å². The first-order chi connectivity index (χ1) is 14.9. The summed E-state index contributed by atoms with van der Waals surface area (Å²) >= 11 is 0. The van der Waals surface area contributed by atoms with E-state index in [0.717, 1.165) is 6.07 Å². The first-order valence-corrected chi connectivity index (χ1v) is 9.92. The lowest BCUT2D eigenvalue weighted by atomic mass is 10.0. The number of carbonyl (C=O) groups is 2. The third-order valence-corrected chi connectivity index (χ3v) is 4.21. The standard InChI is InChI=1S/C23H30N2O6/c1-3-4-5-9-21(31-12-7-11-24-17(2)27)10-6-8-19(25-30)13-18-14-20(28)15-23(29)22(18)16-26/h3,5-6,8-9,14-16,21,28-30H,1,4,7,10-13H2,2H3,(H,24,27)/b8-6+,9-5+,25-19-. The number of ether oxygens (including phenoxy) is 1. The van der Waals surface area contributed by atoms with Crippen molar-refractivity contribution in [1.82, 2.24) is 5.32 Å². The molecule has 168 valence electrons. The molecule has 8 nitrogen and oxygen atoms in total. The average Bonchev–Trinajstić information content (AvgIpc) is 2.71. The fraction of sp³-hybridized carbons (Fsp3) is 0.348. The van der Waals surface area contributed by atoms with Gasteiger partial charge in [-0.2, -0.15) is 0 Å². The highest BCUT2D eigenvalue weighted by atomic mass is 16.5. The van der Waals surface area contributed by atoms with Gasteiger partial charge in [0.25, 0.3) is 0 Å².